The molecule has 1 unspecified atom stereocenters. The van der Waals surface area contributed by atoms with Gasteiger partial charge < -0.3 is 31.9 Å². The molecule has 1 aliphatic heterocycles. The van der Waals surface area contributed by atoms with E-state index in [9.17, 15) is 27.6 Å². The quantitative estimate of drug-likeness (QED) is 0.210. The van der Waals surface area contributed by atoms with Gasteiger partial charge in [0.15, 0.2) is 0 Å². The molecule has 3 aromatic carbocycles. The molecule has 1 aliphatic rings. The van der Waals surface area contributed by atoms with Gasteiger partial charge in [-0.15, -0.1) is 0 Å². The largest absolute Gasteiger partial charge is 0.490 e. The number of nitrogens with one attached hydrogen (secondary N) is 2. The predicted molar refractivity (Wildman–Crippen MR) is 144 cm³/mol. The SMILES string of the molecule is COC(=O)CC(N)c1ccc(NC(=C2C(=O)Nc3cc(C(N)=O)ccc32)c2ccccc2)cc1.O=C(O)C(F)(F)F. The van der Waals surface area contributed by atoms with Gasteiger partial charge in [0.2, 0.25) is 5.91 Å². The van der Waals surface area contributed by atoms with Gasteiger partial charge in [0, 0.05) is 28.5 Å². The summed E-state index contributed by atoms with van der Waals surface area (Å²) >= 11 is 0. The van der Waals surface area contributed by atoms with Crippen LogP contribution in [0.5, 0.6) is 0 Å². The van der Waals surface area contributed by atoms with E-state index in [0.717, 1.165) is 16.8 Å². The summed E-state index contributed by atoms with van der Waals surface area (Å²) in [6, 6.07) is 21.2. The first-order valence-corrected chi connectivity index (χ1v) is 11.9. The van der Waals surface area contributed by atoms with Gasteiger partial charge in [-0.1, -0.05) is 48.5 Å². The topological polar surface area (TPSA) is 174 Å². The number of alkyl halides is 3. The Balaban J connectivity index is 0.000000587. The van der Waals surface area contributed by atoms with Crippen LogP contribution in [-0.2, 0) is 19.1 Å². The van der Waals surface area contributed by atoms with Gasteiger partial charge in [-0.3, -0.25) is 14.4 Å². The molecule has 0 radical (unpaired) electrons. The molecule has 7 N–H and O–H groups in total. The second-order valence-corrected chi connectivity index (χ2v) is 8.63. The molecule has 0 spiro atoms. The maximum absolute atomic E-state index is 13.0. The highest BCUT2D eigenvalue weighted by atomic mass is 19.4. The number of amides is 2. The molecule has 3 aromatic rings. The fourth-order valence-electron chi connectivity index (χ4n) is 3.80. The standard InChI is InChI=1S/C26H24N4O4.C2HF3O2/c1-34-22(31)14-20(27)15-7-10-18(11-8-15)29-24(16-5-3-2-4-6-16)23-19-12-9-17(25(28)32)13-21(19)30-26(23)33;3-2(4,5)1(6)7/h2-13,20,29H,14,27H2,1H3,(H2,28,32)(H,30,33);(H,6,7). The third-order valence-corrected chi connectivity index (χ3v) is 5.83. The second kappa shape index (κ2) is 12.8. The molecule has 0 bridgehead atoms. The zero-order valence-electron chi connectivity index (χ0n) is 21.5. The molecule has 4 rings (SSSR count). The minimum Gasteiger partial charge on any atom is -0.475 e. The summed E-state index contributed by atoms with van der Waals surface area (Å²) in [5.41, 5.74) is 16.4. The lowest BCUT2D eigenvalue weighted by molar-refractivity contribution is -0.192. The molecule has 0 aliphatic carbocycles. The van der Waals surface area contributed by atoms with E-state index in [4.69, 9.17) is 21.4 Å². The summed E-state index contributed by atoms with van der Waals surface area (Å²) in [4.78, 5) is 45.0. The lowest BCUT2D eigenvalue weighted by atomic mass is 9.98. The van der Waals surface area contributed by atoms with Crippen LogP contribution in [0.15, 0.2) is 72.8 Å². The Labute approximate surface area is 231 Å². The maximum Gasteiger partial charge on any atom is 0.490 e. The van der Waals surface area contributed by atoms with E-state index in [0.29, 0.717) is 28.1 Å². The summed E-state index contributed by atoms with van der Waals surface area (Å²) in [5, 5.41) is 13.3. The van der Waals surface area contributed by atoms with Crippen LogP contribution < -0.4 is 22.1 Å². The number of carboxylic acids is 1. The molecule has 0 fully saturated rings. The zero-order valence-corrected chi connectivity index (χ0v) is 21.5. The summed E-state index contributed by atoms with van der Waals surface area (Å²) in [6.07, 6.45) is -5.01. The first kappa shape index (κ1) is 30.4. The van der Waals surface area contributed by atoms with Crippen LogP contribution in [-0.4, -0.2) is 42.1 Å². The Hall–Kier alpha value is -5.17. The molecule has 13 heteroatoms. The summed E-state index contributed by atoms with van der Waals surface area (Å²) in [7, 11) is 1.33. The van der Waals surface area contributed by atoms with Crippen LogP contribution in [0.1, 0.15) is 39.5 Å². The van der Waals surface area contributed by atoms with E-state index in [1.165, 1.54) is 7.11 Å². The highest BCUT2D eigenvalue weighted by molar-refractivity contribution is 6.37. The van der Waals surface area contributed by atoms with Crippen molar-refractivity contribution in [3.63, 3.8) is 0 Å². The van der Waals surface area contributed by atoms with Crippen molar-refractivity contribution >= 4 is 46.4 Å². The summed E-state index contributed by atoms with van der Waals surface area (Å²) < 4.78 is 36.4. The lowest BCUT2D eigenvalue weighted by Crippen LogP contribution is -2.21. The van der Waals surface area contributed by atoms with Gasteiger partial charge in [0.25, 0.3) is 5.91 Å². The van der Waals surface area contributed by atoms with Crippen molar-refractivity contribution in [3.05, 3.63) is 95.1 Å². The highest BCUT2D eigenvalue weighted by Gasteiger charge is 2.38. The number of hydrogen-bond donors (Lipinski definition) is 5. The average Bonchev–Trinajstić information content (AvgIpc) is 3.26. The highest BCUT2D eigenvalue weighted by Crippen LogP contribution is 2.38. The van der Waals surface area contributed by atoms with Gasteiger partial charge in [-0.05, 0) is 35.4 Å². The molecule has 0 saturated carbocycles. The minimum atomic E-state index is -5.08. The molecule has 1 heterocycles. The van der Waals surface area contributed by atoms with Crippen molar-refractivity contribution in [3.8, 4) is 0 Å². The lowest BCUT2D eigenvalue weighted by Gasteiger charge is -2.16. The predicted octanol–water partition coefficient (Wildman–Crippen LogP) is 3.91. The number of carbonyl (C=O) groups excluding carboxylic acids is 3. The van der Waals surface area contributed by atoms with Gasteiger partial charge in [-0.25, -0.2) is 4.79 Å². The van der Waals surface area contributed by atoms with E-state index < -0.39 is 24.1 Å². The number of methoxy groups -OCH3 is 1. The van der Waals surface area contributed by atoms with Gasteiger partial charge >= 0.3 is 18.1 Å². The van der Waals surface area contributed by atoms with Crippen LogP contribution in [0.25, 0.3) is 11.3 Å². The minimum absolute atomic E-state index is 0.0762. The van der Waals surface area contributed by atoms with Gasteiger partial charge in [0.1, 0.15) is 0 Å². The number of esters is 1. The fourth-order valence-corrected chi connectivity index (χ4v) is 3.80. The van der Waals surface area contributed by atoms with Crippen LogP contribution in [0.2, 0.25) is 0 Å². The number of hydrogen-bond acceptors (Lipinski definition) is 7. The normalized spacial score (nSPS) is 14.0. The first-order valence-electron chi connectivity index (χ1n) is 11.9. The van der Waals surface area contributed by atoms with Crippen molar-refractivity contribution < 1.29 is 42.2 Å². The summed E-state index contributed by atoms with van der Waals surface area (Å²) in [5.74, 6) is -4.00. The van der Waals surface area contributed by atoms with E-state index in [-0.39, 0.29) is 18.3 Å². The number of carbonyl (C=O) groups is 4. The number of benzene rings is 3. The molecule has 214 valence electrons. The van der Waals surface area contributed by atoms with Crippen LogP contribution in [0, 0.1) is 0 Å². The molecule has 10 nitrogen and oxygen atoms in total. The number of primary amides is 1. The molecule has 0 saturated heterocycles. The molecule has 1 atom stereocenters. The van der Waals surface area contributed by atoms with E-state index in [2.05, 4.69) is 15.4 Å². The number of halogens is 3. The molecule has 0 aromatic heterocycles. The molecular weight excluding hydrogens is 545 g/mol. The Bertz CT molecular complexity index is 1490. The van der Waals surface area contributed by atoms with Gasteiger partial charge in [-0.2, -0.15) is 13.2 Å². The third-order valence-electron chi connectivity index (χ3n) is 5.83. The second-order valence-electron chi connectivity index (χ2n) is 8.63. The number of nitrogens with two attached hydrogens (primary N) is 2. The number of aliphatic carboxylic acids is 1. The maximum atomic E-state index is 13.0. The van der Waals surface area contributed by atoms with Crippen molar-refractivity contribution in [2.75, 3.05) is 17.7 Å². The monoisotopic (exact) mass is 570 g/mol. The van der Waals surface area contributed by atoms with Crippen molar-refractivity contribution in [1.82, 2.24) is 0 Å². The first-order chi connectivity index (χ1) is 19.3. The van der Waals surface area contributed by atoms with Crippen molar-refractivity contribution in [2.24, 2.45) is 11.5 Å². The van der Waals surface area contributed by atoms with Crippen LogP contribution in [0.4, 0.5) is 24.5 Å². The van der Waals surface area contributed by atoms with E-state index >= 15 is 0 Å². The average molecular weight is 571 g/mol. The number of rotatable bonds is 7. The van der Waals surface area contributed by atoms with Crippen LogP contribution >= 0.6 is 0 Å². The van der Waals surface area contributed by atoms with Crippen LogP contribution in [0.3, 0.4) is 0 Å². The van der Waals surface area contributed by atoms with Gasteiger partial charge in [0.05, 0.1) is 24.8 Å². The van der Waals surface area contributed by atoms with E-state index in [1.807, 2.05) is 54.6 Å². The number of carboxylic acid groups (broad SMARTS) is 1. The molecular formula is C28H25F3N4O6. The Kier molecular flexibility index (Phi) is 9.47. The fraction of sp³-hybridized carbons (Fsp3) is 0.143. The number of ether oxygens (including phenoxy) is 1. The zero-order chi connectivity index (χ0) is 30.3. The smallest absolute Gasteiger partial charge is 0.475 e. The number of fused-ring (bicyclic) bond motifs is 1. The Morgan fingerprint density at radius 2 is 1.61 bits per heavy atom. The Morgan fingerprint density at radius 3 is 2.15 bits per heavy atom. The van der Waals surface area contributed by atoms with Crippen molar-refractivity contribution in [1.29, 1.82) is 0 Å². The molecule has 41 heavy (non-hydrogen) atoms. The molecule has 2 amide bonds. The number of anilines is 2. The van der Waals surface area contributed by atoms with E-state index in [1.54, 1.807) is 18.2 Å². The summed E-state index contributed by atoms with van der Waals surface area (Å²) in [6.45, 7) is 0. The Morgan fingerprint density at radius 1 is 1.00 bits per heavy atom. The van der Waals surface area contributed by atoms with Crippen molar-refractivity contribution in [2.45, 2.75) is 18.6 Å². The third kappa shape index (κ3) is 7.70.